The molecule has 0 heterocycles. The number of hydrogen-bond donors (Lipinski definition) is 1. The lowest BCUT2D eigenvalue weighted by Gasteiger charge is -2.12. The van der Waals surface area contributed by atoms with Gasteiger partial charge in [-0.05, 0) is 49.7 Å². The molecule has 116 valence electrons. The smallest absolute Gasteiger partial charge is 0.255 e. The van der Waals surface area contributed by atoms with Gasteiger partial charge in [-0.2, -0.15) is 0 Å². The van der Waals surface area contributed by atoms with Gasteiger partial charge < -0.3 is 14.8 Å². The number of carbonyl (C=O) groups excluding carboxylic acids is 1. The molecule has 0 bridgehead atoms. The van der Waals surface area contributed by atoms with Crippen molar-refractivity contribution in [3.8, 4) is 11.5 Å². The Labute approximate surface area is 128 Å². The van der Waals surface area contributed by atoms with Crippen molar-refractivity contribution >= 4 is 11.6 Å². The molecule has 22 heavy (non-hydrogen) atoms. The van der Waals surface area contributed by atoms with E-state index in [1.165, 1.54) is 19.2 Å². The highest BCUT2D eigenvalue weighted by molar-refractivity contribution is 6.05. The zero-order chi connectivity index (χ0) is 16.1. The van der Waals surface area contributed by atoms with Crippen LogP contribution >= 0.6 is 0 Å². The third-order valence-electron chi connectivity index (χ3n) is 3.10. The van der Waals surface area contributed by atoms with Gasteiger partial charge in [-0.25, -0.2) is 4.39 Å². The lowest BCUT2D eigenvalue weighted by atomic mass is 10.1. The molecule has 2 aromatic rings. The van der Waals surface area contributed by atoms with Crippen molar-refractivity contribution in [2.45, 2.75) is 13.8 Å². The van der Waals surface area contributed by atoms with E-state index in [1.807, 2.05) is 26.0 Å². The van der Waals surface area contributed by atoms with Crippen LogP contribution in [0.15, 0.2) is 36.4 Å². The summed E-state index contributed by atoms with van der Waals surface area (Å²) in [6.07, 6.45) is 0. The molecular formula is C17H18FNO3. The van der Waals surface area contributed by atoms with Crippen LogP contribution in [0.5, 0.6) is 11.5 Å². The van der Waals surface area contributed by atoms with Gasteiger partial charge >= 0.3 is 0 Å². The summed E-state index contributed by atoms with van der Waals surface area (Å²) in [6.45, 7) is 4.29. The molecule has 2 rings (SSSR count). The second kappa shape index (κ2) is 6.93. The van der Waals surface area contributed by atoms with Crippen LogP contribution in [0.3, 0.4) is 0 Å². The molecule has 5 heteroatoms. The minimum absolute atomic E-state index is 0.0990. The van der Waals surface area contributed by atoms with Gasteiger partial charge in [0.2, 0.25) is 0 Å². The van der Waals surface area contributed by atoms with E-state index in [4.69, 9.17) is 9.47 Å². The summed E-state index contributed by atoms with van der Waals surface area (Å²) in [6, 6.07) is 9.54. The van der Waals surface area contributed by atoms with Crippen LogP contribution < -0.4 is 14.8 Å². The minimum Gasteiger partial charge on any atom is -0.494 e. The number of benzene rings is 2. The highest BCUT2D eigenvalue weighted by Gasteiger charge is 2.13. The first-order valence-electron chi connectivity index (χ1n) is 6.93. The summed E-state index contributed by atoms with van der Waals surface area (Å²) in [7, 11) is 1.37. The summed E-state index contributed by atoms with van der Waals surface area (Å²) in [4.78, 5) is 12.2. The van der Waals surface area contributed by atoms with E-state index in [0.29, 0.717) is 18.0 Å². The van der Waals surface area contributed by atoms with Crippen LogP contribution in [-0.4, -0.2) is 19.6 Å². The number of aryl methyl sites for hydroxylation is 1. The van der Waals surface area contributed by atoms with E-state index in [2.05, 4.69) is 5.32 Å². The lowest BCUT2D eigenvalue weighted by molar-refractivity contribution is 0.102. The van der Waals surface area contributed by atoms with Crippen molar-refractivity contribution in [1.82, 2.24) is 0 Å². The van der Waals surface area contributed by atoms with Gasteiger partial charge in [-0.3, -0.25) is 4.79 Å². The quantitative estimate of drug-likeness (QED) is 0.914. The van der Waals surface area contributed by atoms with E-state index in [1.54, 1.807) is 6.07 Å². The Bertz CT molecular complexity index is 686. The maximum Gasteiger partial charge on any atom is 0.255 e. The van der Waals surface area contributed by atoms with E-state index < -0.39 is 11.7 Å². The van der Waals surface area contributed by atoms with E-state index >= 15 is 0 Å². The van der Waals surface area contributed by atoms with E-state index in [9.17, 15) is 9.18 Å². The number of ether oxygens (including phenoxy) is 2. The molecule has 0 aliphatic carbocycles. The van der Waals surface area contributed by atoms with E-state index in [0.717, 1.165) is 11.6 Å². The van der Waals surface area contributed by atoms with E-state index in [-0.39, 0.29) is 11.3 Å². The Morgan fingerprint density at radius 1 is 1.18 bits per heavy atom. The number of carbonyl (C=O) groups is 1. The average molecular weight is 303 g/mol. The van der Waals surface area contributed by atoms with Crippen molar-refractivity contribution in [3.63, 3.8) is 0 Å². The summed E-state index contributed by atoms with van der Waals surface area (Å²) in [5, 5.41) is 2.73. The fourth-order valence-electron chi connectivity index (χ4n) is 2.01. The Kier molecular flexibility index (Phi) is 4.99. The molecule has 0 saturated carbocycles. The Morgan fingerprint density at radius 3 is 2.59 bits per heavy atom. The molecule has 0 spiro atoms. The molecular weight excluding hydrogens is 285 g/mol. The third kappa shape index (κ3) is 3.55. The molecule has 1 amide bonds. The number of nitrogens with one attached hydrogen (secondary N) is 1. The van der Waals surface area contributed by atoms with Crippen LogP contribution in [0.4, 0.5) is 10.1 Å². The first-order valence-corrected chi connectivity index (χ1v) is 6.93. The fraction of sp³-hybridized carbons (Fsp3) is 0.235. The molecule has 2 aromatic carbocycles. The Hall–Kier alpha value is -2.56. The van der Waals surface area contributed by atoms with Gasteiger partial charge in [-0.1, -0.05) is 6.07 Å². The first kappa shape index (κ1) is 15.8. The molecule has 0 atom stereocenters. The van der Waals surface area contributed by atoms with Gasteiger partial charge in [0.1, 0.15) is 5.75 Å². The average Bonchev–Trinajstić information content (AvgIpc) is 2.50. The number of rotatable bonds is 5. The predicted molar refractivity (Wildman–Crippen MR) is 83.3 cm³/mol. The topological polar surface area (TPSA) is 47.6 Å². The maximum absolute atomic E-state index is 13.7. The normalized spacial score (nSPS) is 10.2. The molecule has 0 aliphatic rings. The summed E-state index contributed by atoms with van der Waals surface area (Å²) in [5.74, 6) is -0.304. The Morgan fingerprint density at radius 2 is 1.95 bits per heavy atom. The second-order valence-electron chi connectivity index (χ2n) is 4.74. The number of methoxy groups -OCH3 is 1. The van der Waals surface area contributed by atoms with Crippen molar-refractivity contribution in [1.29, 1.82) is 0 Å². The summed E-state index contributed by atoms with van der Waals surface area (Å²) in [5.41, 5.74) is 1.78. The predicted octanol–water partition coefficient (Wildman–Crippen LogP) is 3.79. The van der Waals surface area contributed by atoms with Crippen LogP contribution in [0.2, 0.25) is 0 Å². The van der Waals surface area contributed by atoms with Crippen molar-refractivity contribution in [2.24, 2.45) is 0 Å². The maximum atomic E-state index is 13.7. The first-order chi connectivity index (χ1) is 10.5. The highest BCUT2D eigenvalue weighted by Crippen LogP contribution is 2.27. The summed E-state index contributed by atoms with van der Waals surface area (Å²) < 4.78 is 24.0. The van der Waals surface area contributed by atoms with Gasteiger partial charge in [0.05, 0.1) is 19.4 Å². The van der Waals surface area contributed by atoms with Crippen molar-refractivity contribution < 1.29 is 18.7 Å². The minimum atomic E-state index is -0.580. The number of hydrogen-bond acceptors (Lipinski definition) is 3. The van der Waals surface area contributed by atoms with Gasteiger partial charge in [0, 0.05) is 5.56 Å². The van der Waals surface area contributed by atoms with Crippen molar-refractivity contribution in [3.05, 3.63) is 53.3 Å². The fourth-order valence-corrected chi connectivity index (χ4v) is 2.01. The van der Waals surface area contributed by atoms with Crippen molar-refractivity contribution in [2.75, 3.05) is 19.0 Å². The Balaban J connectivity index is 2.23. The lowest BCUT2D eigenvalue weighted by Crippen LogP contribution is -2.13. The molecule has 0 unspecified atom stereocenters. The summed E-state index contributed by atoms with van der Waals surface area (Å²) >= 11 is 0. The highest BCUT2D eigenvalue weighted by atomic mass is 19.1. The zero-order valence-electron chi connectivity index (χ0n) is 12.8. The van der Waals surface area contributed by atoms with Crippen LogP contribution in [0.1, 0.15) is 22.8 Å². The number of amides is 1. The number of halogens is 1. The molecule has 0 aliphatic heterocycles. The standard InChI is InChI=1S/C17H18FNO3/c1-4-22-16-9-11(2)5-7-14(16)19-17(20)12-6-8-15(21-3)13(18)10-12/h5-10H,4H2,1-3H3,(H,19,20). The number of anilines is 1. The third-order valence-corrected chi connectivity index (χ3v) is 3.10. The van der Waals surface area contributed by atoms with Crippen LogP contribution in [0.25, 0.3) is 0 Å². The van der Waals surface area contributed by atoms with Gasteiger partial charge in [0.15, 0.2) is 11.6 Å². The molecule has 1 N–H and O–H groups in total. The molecule has 0 saturated heterocycles. The van der Waals surface area contributed by atoms with Gasteiger partial charge in [0.25, 0.3) is 5.91 Å². The van der Waals surface area contributed by atoms with Crippen LogP contribution in [-0.2, 0) is 0 Å². The monoisotopic (exact) mass is 303 g/mol. The molecule has 4 nitrogen and oxygen atoms in total. The second-order valence-corrected chi connectivity index (χ2v) is 4.74. The zero-order valence-corrected chi connectivity index (χ0v) is 12.8. The molecule has 0 radical (unpaired) electrons. The SMILES string of the molecule is CCOc1cc(C)ccc1NC(=O)c1ccc(OC)c(F)c1. The molecule has 0 fully saturated rings. The molecule has 0 aromatic heterocycles. The van der Waals surface area contributed by atoms with Crippen LogP contribution in [0, 0.1) is 12.7 Å². The van der Waals surface area contributed by atoms with Gasteiger partial charge in [-0.15, -0.1) is 0 Å². The largest absolute Gasteiger partial charge is 0.494 e.